The van der Waals surface area contributed by atoms with Crippen molar-refractivity contribution in [3.05, 3.63) is 35.9 Å². The topological polar surface area (TPSA) is 15.3 Å². The fraction of sp³-hybridized carbons (Fsp3) is 0.538. The number of nitrogens with one attached hydrogen (secondary N) is 1. The summed E-state index contributed by atoms with van der Waals surface area (Å²) in [5, 5.41) is 3.06. The highest BCUT2D eigenvalue weighted by molar-refractivity contribution is 5.14. The fourth-order valence-electron chi connectivity index (χ4n) is 2.34. The van der Waals surface area contributed by atoms with Gasteiger partial charge < -0.3 is 5.32 Å². The number of benzene rings is 1. The predicted molar refractivity (Wildman–Crippen MR) is 64.0 cm³/mol. The van der Waals surface area contributed by atoms with Gasteiger partial charge in [0.25, 0.3) is 0 Å². The molecule has 0 aromatic heterocycles. The Bertz CT molecular complexity index is 315. The second-order valence-corrected chi connectivity index (χ2v) is 4.51. The van der Waals surface area contributed by atoms with Crippen molar-refractivity contribution in [2.45, 2.75) is 12.7 Å². The van der Waals surface area contributed by atoms with Crippen molar-refractivity contribution in [2.75, 3.05) is 26.7 Å². The molecule has 3 heteroatoms. The molecule has 1 N–H and O–H groups in total. The lowest BCUT2D eigenvalue weighted by atomic mass is 10.1. The monoisotopic (exact) mass is 222 g/mol. The molecular formula is C13H19FN2. The Hall–Kier alpha value is -0.930. The molecule has 2 nitrogen and oxygen atoms in total. The molecule has 0 radical (unpaired) electrons. The van der Waals surface area contributed by atoms with Gasteiger partial charge in [0.05, 0.1) is 0 Å². The van der Waals surface area contributed by atoms with E-state index in [0.717, 1.165) is 19.6 Å². The molecule has 88 valence electrons. The lowest BCUT2D eigenvalue weighted by Gasteiger charge is -2.15. The number of alkyl halides is 1. The van der Waals surface area contributed by atoms with Gasteiger partial charge >= 0.3 is 0 Å². The molecule has 0 bridgehead atoms. The molecule has 16 heavy (non-hydrogen) atoms. The minimum atomic E-state index is -0.684. The van der Waals surface area contributed by atoms with Crippen molar-refractivity contribution in [3.63, 3.8) is 0 Å². The highest BCUT2D eigenvalue weighted by Crippen LogP contribution is 2.21. The van der Waals surface area contributed by atoms with Crippen LogP contribution in [-0.4, -0.2) is 37.8 Å². The SMILES string of the molecule is CNC[C@@H]1CN(Cc2ccccc2)C[C@@H]1F. The fourth-order valence-corrected chi connectivity index (χ4v) is 2.34. The summed E-state index contributed by atoms with van der Waals surface area (Å²) in [5.41, 5.74) is 1.26. The zero-order chi connectivity index (χ0) is 11.4. The molecular weight excluding hydrogens is 203 g/mol. The second kappa shape index (κ2) is 5.41. The maximum absolute atomic E-state index is 13.6. The van der Waals surface area contributed by atoms with Crippen LogP contribution in [0.4, 0.5) is 4.39 Å². The highest BCUT2D eigenvalue weighted by Gasteiger charge is 2.31. The number of hydrogen-bond acceptors (Lipinski definition) is 2. The summed E-state index contributed by atoms with van der Waals surface area (Å²) in [5.74, 6) is 0.147. The van der Waals surface area contributed by atoms with E-state index in [4.69, 9.17) is 0 Å². The Kier molecular flexibility index (Phi) is 3.91. The van der Waals surface area contributed by atoms with Crippen LogP contribution in [0.5, 0.6) is 0 Å². The largest absolute Gasteiger partial charge is 0.319 e. The number of halogens is 1. The van der Waals surface area contributed by atoms with Gasteiger partial charge in [0.1, 0.15) is 6.17 Å². The van der Waals surface area contributed by atoms with Gasteiger partial charge in [0.15, 0.2) is 0 Å². The Labute approximate surface area is 96.5 Å². The molecule has 1 aliphatic rings. The van der Waals surface area contributed by atoms with Crippen LogP contribution in [0, 0.1) is 5.92 Å². The molecule has 0 unspecified atom stereocenters. The van der Waals surface area contributed by atoms with E-state index in [0.29, 0.717) is 6.54 Å². The Balaban J connectivity index is 1.89. The normalized spacial score (nSPS) is 26.1. The standard InChI is InChI=1S/C13H19FN2/c1-15-7-12-9-16(10-13(12)14)8-11-5-3-2-4-6-11/h2-6,12-13,15H,7-10H2,1H3/t12-,13+/m1/s1. The van der Waals surface area contributed by atoms with Crippen LogP contribution in [0.3, 0.4) is 0 Å². The molecule has 1 aromatic rings. The summed E-state index contributed by atoms with van der Waals surface area (Å²) in [6, 6.07) is 10.3. The van der Waals surface area contributed by atoms with Gasteiger partial charge in [-0.05, 0) is 12.6 Å². The summed E-state index contributed by atoms with van der Waals surface area (Å²) >= 11 is 0. The Morgan fingerprint density at radius 1 is 1.31 bits per heavy atom. The van der Waals surface area contributed by atoms with Crippen molar-refractivity contribution < 1.29 is 4.39 Å². The maximum Gasteiger partial charge on any atom is 0.118 e. The molecule has 1 aliphatic heterocycles. The third-order valence-electron chi connectivity index (χ3n) is 3.15. The Morgan fingerprint density at radius 3 is 2.75 bits per heavy atom. The first-order chi connectivity index (χ1) is 7.79. The van der Waals surface area contributed by atoms with Crippen molar-refractivity contribution in [1.29, 1.82) is 0 Å². The molecule has 1 fully saturated rings. The first-order valence-electron chi connectivity index (χ1n) is 5.84. The van der Waals surface area contributed by atoms with E-state index in [1.165, 1.54) is 5.56 Å². The molecule has 0 amide bonds. The van der Waals surface area contributed by atoms with Crippen LogP contribution < -0.4 is 5.32 Å². The minimum absolute atomic E-state index is 0.147. The first kappa shape index (κ1) is 11.6. The van der Waals surface area contributed by atoms with Crippen molar-refractivity contribution in [3.8, 4) is 0 Å². The molecule has 0 saturated carbocycles. The van der Waals surface area contributed by atoms with Gasteiger partial charge in [0, 0.05) is 32.1 Å². The summed E-state index contributed by atoms with van der Waals surface area (Å²) in [6.45, 7) is 3.06. The van der Waals surface area contributed by atoms with E-state index < -0.39 is 6.17 Å². The summed E-state index contributed by atoms with van der Waals surface area (Å²) in [4.78, 5) is 2.20. The molecule has 1 aromatic carbocycles. The molecule has 1 heterocycles. The molecule has 0 aliphatic carbocycles. The van der Waals surface area contributed by atoms with Crippen molar-refractivity contribution in [2.24, 2.45) is 5.92 Å². The molecule has 2 rings (SSSR count). The van der Waals surface area contributed by atoms with Crippen LogP contribution in [0.25, 0.3) is 0 Å². The highest BCUT2D eigenvalue weighted by atomic mass is 19.1. The van der Waals surface area contributed by atoms with E-state index in [1.54, 1.807) is 0 Å². The zero-order valence-corrected chi connectivity index (χ0v) is 9.70. The number of likely N-dealkylation sites (tertiary alicyclic amines) is 1. The van der Waals surface area contributed by atoms with E-state index in [2.05, 4.69) is 22.3 Å². The number of rotatable bonds is 4. The third-order valence-corrected chi connectivity index (χ3v) is 3.15. The molecule has 1 saturated heterocycles. The van der Waals surface area contributed by atoms with Crippen molar-refractivity contribution >= 4 is 0 Å². The van der Waals surface area contributed by atoms with Crippen LogP contribution in [-0.2, 0) is 6.54 Å². The second-order valence-electron chi connectivity index (χ2n) is 4.51. The summed E-state index contributed by atoms with van der Waals surface area (Å²) in [7, 11) is 1.88. The number of nitrogens with zero attached hydrogens (tertiary/aromatic N) is 1. The van der Waals surface area contributed by atoms with Gasteiger partial charge in [-0.25, -0.2) is 4.39 Å². The average Bonchev–Trinajstić information content (AvgIpc) is 2.61. The van der Waals surface area contributed by atoms with Gasteiger partial charge in [-0.1, -0.05) is 30.3 Å². The van der Waals surface area contributed by atoms with Crippen LogP contribution in [0.2, 0.25) is 0 Å². The maximum atomic E-state index is 13.6. The average molecular weight is 222 g/mol. The minimum Gasteiger partial charge on any atom is -0.319 e. The Morgan fingerprint density at radius 2 is 2.06 bits per heavy atom. The van der Waals surface area contributed by atoms with E-state index in [-0.39, 0.29) is 5.92 Å². The van der Waals surface area contributed by atoms with E-state index >= 15 is 0 Å². The lowest BCUT2D eigenvalue weighted by Crippen LogP contribution is -2.26. The zero-order valence-electron chi connectivity index (χ0n) is 9.70. The third kappa shape index (κ3) is 2.80. The van der Waals surface area contributed by atoms with E-state index in [9.17, 15) is 4.39 Å². The predicted octanol–water partition coefficient (Wildman–Crippen LogP) is 1.68. The van der Waals surface area contributed by atoms with Gasteiger partial charge in [0.2, 0.25) is 0 Å². The van der Waals surface area contributed by atoms with Gasteiger partial charge in [-0.2, -0.15) is 0 Å². The summed E-state index contributed by atoms with van der Waals surface area (Å²) in [6.07, 6.45) is -0.684. The summed E-state index contributed by atoms with van der Waals surface area (Å²) < 4.78 is 13.6. The van der Waals surface area contributed by atoms with Crippen LogP contribution in [0.1, 0.15) is 5.56 Å². The molecule has 0 spiro atoms. The van der Waals surface area contributed by atoms with E-state index in [1.807, 2.05) is 25.2 Å². The molecule has 2 atom stereocenters. The number of hydrogen-bond donors (Lipinski definition) is 1. The quantitative estimate of drug-likeness (QED) is 0.833. The first-order valence-corrected chi connectivity index (χ1v) is 5.84. The smallest absolute Gasteiger partial charge is 0.118 e. The van der Waals surface area contributed by atoms with Gasteiger partial charge in [-0.3, -0.25) is 4.90 Å². The van der Waals surface area contributed by atoms with Gasteiger partial charge in [-0.15, -0.1) is 0 Å². The lowest BCUT2D eigenvalue weighted by molar-refractivity contribution is 0.267. The van der Waals surface area contributed by atoms with Crippen LogP contribution >= 0.6 is 0 Å². The van der Waals surface area contributed by atoms with Crippen LogP contribution in [0.15, 0.2) is 30.3 Å². The van der Waals surface area contributed by atoms with Crippen molar-refractivity contribution in [1.82, 2.24) is 10.2 Å².